The Hall–Kier alpha value is -2.70. The van der Waals surface area contributed by atoms with Gasteiger partial charge >= 0.3 is 5.69 Å². The molecule has 1 saturated carbocycles. The summed E-state index contributed by atoms with van der Waals surface area (Å²) in [6.07, 6.45) is 7.74. The van der Waals surface area contributed by atoms with Crippen LogP contribution in [-0.4, -0.2) is 27.5 Å². The van der Waals surface area contributed by atoms with Crippen LogP contribution >= 0.6 is 0 Å². The van der Waals surface area contributed by atoms with Gasteiger partial charge in [0.1, 0.15) is 6.33 Å². The molecule has 0 aliphatic heterocycles. The van der Waals surface area contributed by atoms with Crippen molar-refractivity contribution in [3.63, 3.8) is 0 Å². The quantitative estimate of drug-likeness (QED) is 0.588. The Balaban J connectivity index is 1.69. The number of hydrogen-bond donors (Lipinski definition) is 2. The van der Waals surface area contributed by atoms with Gasteiger partial charge in [0.15, 0.2) is 0 Å². The van der Waals surface area contributed by atoms with Crippen molar-refractivity contribution in [2.45, 2.75) is 44.6 Å². The summed E-state index contributed by atoms with van der Waals surface area (Å²) in [5.41, 5.74) is 1.10. The fourth-order valence-electron chi connectivity index (χ4n) is 3.20. The van der Waals surface area contributed by atoms with Crippen LogP contribution in [0.15, 0.2) is 36.7 Å². The van der Waals surface area contributed by atoms with Crippen molar-refractivity contribution in [2.75, 3.05) is 17.2 Å². The molecular weight excluding hydrogens is 318 g/mol. The molecule has 2 N–H and O–H groups in total. The molecule has 3 rings (SSSR count). The number of hydrogen-bond acceptors (Lipinski definition) is 6. The fourth-order valence-corrected chi connectivity index (χ4v) is 3.20. The van der Waals surface area contributed by atoms with Crippen molar-refractivity contribution in [3.8, 4) is 0 Å². The third-order valence-corrected chi connectivity index (χ3v) is 4.50. The normalized spacial score (nSPS) is 14.9. The highest BCUT2D eigenvalue weighted by molar-refractivity contribution is 5.69. The topological polar surface area (TPSA) is 93.0 Å². The summed E-state index contributed by atoms with van der Waals surface area (Å²) in [6, 6.07) is 10.2. The number of nitrogens with one attached hydrogen (secondary N) is 2. The summed E-state index contributed by atoms with van der Waals surface area (Å²) < 4.78 is 0. The van der Waals surface area contributed by atoms with Crippen molar-refractivity contribution in [1.29, 1.82) is 0 Å². The molecule has 0 spiro atoms. The first kappa shape index (κ1) is 17.1. The number of benzene rings is 1. The van der Waals surface area contributed by atoms with Crippen molar-refractivity contribution in [2.24, 2.45) is 0 Å². The van der Waals surface area contributed by atoms with E-state index in [1.165, 1.54) is 18.3 Å². The smallest absolute Gasteiger partial charge is 0.353 e. The Morgan fingerprint density at radius 3 is 2.52 bits per heavy atom. The van der Waals surface area contributed by atoms with E-state index in [-0.39, 0.29) is 17.5 Å². The second-order valence-electron chi connectivity index (χ2n) is 6.32. The predicted octanol–water partition coefficient (Wildman–Crippen LogP) is 3.78. The molecule has 0 atom stereocenters. The van der Waals surface area contributed by atoms with E-state index in [1.54, 1.807) is 0 Å². The minimum Gasteiger partial charge on any atom is -0.364 e. The van der Waals surface area contributed by atoms with Crippen LogP contribution in [0.5, 0.6) is 0 Å². The molecule has 0 radical (unpaired) electrons. The highest BCUT2D eigenvalue weighted by Gasteiger charge is 2.25. The Morgan fingerprint density at radius 1 is 1.08 bits per heavy atom. The van der Waals surface area contributed by atoms with Gasteiger partial charge in [0.2, 0.25) is 11.6 Å². The van der Waals surface area contributed by atoms with E-state index in [2.05, 4.69) is 20.6 Å². The molecule has 1 fully saturated rings. The van der Waals surface area contributed by atoms with E-state index in [1.807, 2.05) is 30.3 Å². The molecule has 1 aromatic heterocycles. The average molecular weight is 341 g/mol. The van der Waals surface area contributed by atoms with Gasteiger partial charge in [-0.05, 0) is 24.8 Å². The summed E-state index contributed by atoms with van der Waals surface area (Å²) in [6.45, 7) is 0.574. The van der Waals surface area contributed by atoms with Crippen LogP contribution in [0.1, 0.15) is 37.7 Å². The molecule has 7 nitrogen and oxygen atoms in total. The Labute approximate surface area is 147 Å². The first-order valence-corrected chi connectivity index (χ1v) is 8.78. The highest BCUT2D eigenvalue weighted by Crippen LogP contribution is 2.31. The molecule has 0 unspecified atom stereocenters. The van der Waals surface area contributed by atoms with Gasteiger partial charge in [-0.15, -0.1) is 0 Å². The van der Waals surface area contributed by atoms with Crippen molar-refractivity contribution in [1.82, 2.24) is 9.97 Å². The van der Waals surface area contributed by atoms with E-state index < -0.39 is 4.92 Å². The van der Waals surface area contributed by atoms with Crippen molar-refractivity contribution < 1.29 is 4.92 Å². The number of aromatic nitrogens is 2. The standard InChI is InChI=1S/C18H23N5O2/c24-23(25)16-17(19-12-11-14-7-3-1-4-8-14)20-13-21-18(16)22-15-9-5-2-6-10-15/h1,3-4,7-8,13,15H,2,5-6,9-12H2,(H2,19,20,21,22). The minimum atomic E-state index is -0.407. The Bertz CT molecular complexity index is 702. The predicted molar refractivity (Wildman–Crippen MR) is 97.8 cm³/mol. The van der Waals surface area contributed by atoms with E-state index in [0.717, 1.165) is 32.1 Å². The van der Waals surface area contributed by atoms with E-state index in [9.17, 15) is 10.1 Å². The lowest BCUT2D eigenvalue weighted by atomic mass is 9.95. The number of anilines is 2. The second-order valence-corrected chi connectivity index (χ2v) is 6.32. The number of nitrogens with zero attached hydrogens (tertiary/aromatic N) is 3. The molecule has 0 saturated heterocycles. The Kier molecular flexibility index (Phi) is 5.77. The lowest BCUT2D eigenvalue weighted by molar-refractivity contribution is -0.383. The summed E-state index contributed by atoms with van der Waals surface area (Å²) in [7, 11) is 0. The van der Waals surface area contributed by atoms with Gasteiger partial charge in [0.05, 0.1) is 4.92 Å². The molecule has 0 bridgehead atoms. The number of rotatable bonds is 7. The fraction of sp³-hybridized carbons (Fsp3) is 0.444. The zero-order chi connectivity index (χ0) is 17.5. The van der Waals surface area contributed by atoms with Gasteiger partial charge in [-0.25, -0.2) is 9.97 Å². The van der Waals surface area contributed by atoms with Crippen molar-refractivity contribution in [3.05, 3.63) is 52.3 Å². The number of nitro groups is 1. The van der Waals surface area contributed by atoms with Crippen LogP contribution < -0.4 is 10.6 Å². The van der Waals surface area contributed by atoms with Crippen molar-refractivity contribution >= 4 is 17.3 Å². The van der Waals surface area contributed by atoms with Crippen LogP contribution in [0.2, 0.25) is 0 Å². The van der Waals surface area contributed by atoms with Gasteiger partial charge in [-0.2, -0.15) is 0 Å². The van der Waals surface area contributed by atoms with Gasteiger partial charge in [-0.3, -0.25) is 10.1 Å². The molecule has 1 aliphatic carbocycles. The molecule has 25 heavy (non-hydrogen) atoms. The monoisotopic (exact) mass is 341 g/mol. The first-order chi connectivity index (χ1) is 12.2. The minimum absolute atomic E-state index is 0.0684. The third-order valence-electron chi connectivity index (χ3n) is 4.50. The summed E-state index contributed by atoms with van der Waals surface area (Å²) >= 11 is 0. The van der Waals surface area contributed by atoms with E-state index in [4.69, 9.17) is 0 Å². The molecule has 7 heteroatoms. The maximum Gasteiger partial charge on any atom is 0.353 e. The molecule has 1 heterocycles. The van der Waals surface area contributed by atoms with Gasteiger partial charge < -0.3 is 10.6 Å². The summed E-state index contributed by atoms with van der Waals surface area (Å²) in [5, 5.41) is 17.9. The van der Waals surface area contributed by atoms with Gasteiger partial charge in [-0.1, -0.05) is 49.6 Å². The first-order valence-electron chi connectivity index (χ1n) is 8.78. The zero-order valence-corrected chi connectivity index (χ0v) is 14.1. The SMILES string of the molecule is O=[N+]([O-])c1c(NCCc2ccccc2)ncnc1NC1CCCCC1. The summed E-state index contributed by atoms with van der Waals surface area (Å²) in [5.74, 6) is 0.586. The highest BCUT2D eigenvalue weighted by atomic mass is 16.6. The van der Waals surface area contributed by atoms with E-state index in [0.29, 0.717) is 12.4 Å². The summed E-state index contributed by atoms with van der Waals surface area (Å²) in [4.78, 5) is 19.4. The van der Waals surface area contributed by atoms with E-state index >= 15 is 0 Å². The largest absolute Gasteiger partial charge is 0.364 e. The van der Waals surface area contributed by atoms with Crippen LogP contribution in [-0.2, 0) is 6.42 Å². The zero-order valence-electron chi connectivity index (χ0n) is 14.1. The molecular formula is C18H23N5O2. The molecule has 1 aliphatic rings. The molecule has 1 aromatic carbocycles. The van der Waals surface area contributed by atoms with Crippen LogP contribution in [0, 0.1) is 10.1 Å². The lowest BCUT2D eigenvalue weighted by Gasteiger charge is -2.23. The second kappa shape index (κ2) is 8.41. The van der Waals surface area contributed by atoms with Crippen LogP contribution in [0.25, 0.3) is 0 Å². The average Bonchev–Trinajstić information content (AvgIpc) is 2.63. The van der Waals surface area contributed by atoms with Gasteiger partial charge in [0, 0.05) is 12.6 Å². The maximum atomic E-state index is 11.6. The third kappa shape index (κ3) is 4.65. The van der Waals surface area contributed by atoms with Gasteiger partial charge in [0.25, 0.3) is 0 Å². The molecule has 2 aromatic rings. The Morgan fingerprint density at radius 2 is 1.80 bits per heavy atom. The molecule has 0 amide bonds. The molecule has 132 valence electrons. The lowest BCUT2D eigenvalue weighted by Crippen LogP contribution is -2.24. The van der Waals surface area contributed by atoms with Crippen LogP contribution in [0.3, 0.4) is 0 Å². The maximum absolute atomic E-state index is 11.6. The van der Waals surface area contributed by atoms with Crippen LogP contribution in [0.4, 0.5) is 17.3 Å².